The molecule has 2 aromatic carbocycles. The number of anilines is 2. The molecule has 2 heterocycles. The van der Waals surface area contributed by atoms with E-state index in [4.69, 9.17) is 11.6 Å². The van der Waals surface area contributed by atoms with Gasteiger partial charge in [0.2, 0.25) is 0 Å². The van der Waals surface area contributed by atoms with Crippen LogP contribution in [0.1, 0.15) is 68.1 Å². The highest BCUT2D eigenvalue weighted by molar-refractivity contribution is 6.35. The second-order valence-electron chi connectivity index (χ2n) is 10.6. The third-order valence-corrected chi connectivity index (χ3v) is 6.56. The van der Waals surface area contributed by atoms with Crippen LogP contribution in [0.3, 0.4) is 0 Å². The number of nitrogens with one attached hydrogen (secondary N) is 2. The summed E-state index contributed by atoms with van der Waals surface area (Å²) in [5.41, 5.74) is 4.85. The van der Waals surface area contributed by atoms with E-state index in [1.807, 2.05) is 35.1 Å². The van der Waals surface area contributed by atoms with Crippen LogP contribution in [-0.4, -0.2) is 26.5 Å². The lowest BCUT2D eigenvalue weighted by molar-refractivity contribution is 0.443. The van der Waals surface area contributed by atoms with Crippen molar-refractivity contribution in [1.29, 1.82) is 10.5 Å². The predicted molar refractivity (Wildman–Crippen MR) is 144 cm³/mol. The summed E-state index contributed by atoms with van der Waals surface area (Å²) in [6.07, 6.45) is 5.75. The zero-order valence-corrected chi connectivity index (χ0v) is 21.7. The van der Waals surface area contributed by atoms with Gasteiger partial charge in [0.15, 0.2) is 0 Å². The molecule has 2 N–H and O–H groups in total. The van der Waals surface area contributed by atoms with Gasteiger partial charge >= 0.3 is 0 Å². The summed E-state index contributed by atoms with van der Waals surface area (Å²) in [7, 11) is 0. The average molecular weight is 511 g/mol. The zero-order valence-electron chi connectivity index (χ0n) is 21.0. The number of nitriles is 2. The molecule has 1 aliphatic rings. The van der Waals surface area contributed by atoms with Crippen molar-refractivity contribution in [1.82, 2.24) is 20.0 Å². The molecular formula is C28H27ClN8. The Labute approximate surface area is 220 Å². The second kappa shape index (κ2) is 9.72. The van der Waals surface area contributed by atoms with Crippen molar-refractivity contribution < 1.29 is 0 Å². The van der Waals surface area contributed by atoms with E-state index >= 15 is 0 Å². The number of hydrogen-bond acceptors (Lipinski definition) is 7. The first kappa shape index (κ1) is 24.5. The molecule has 0 amide bonds. The highest BCUT2D eigenvalue weighted by Gasteiger charge is 2.27. The number of halogens is 1. The van der Waals surface area contributed by atoms with Crippen LogP contribution >= 0.6 is 11.6 Å². The molecule has 2 aromatic heterocycles. The number of hydrogen-bond donors (Lipinski definition) is 2. The Morgan fingerprint density at radius 1 is 1.14 bits per heavy atom. The lowest BCUT2D eigenvalue weighted by Crippen LogP contribution is -2.20. The minimum Gasteiger partial charge on any atom is -0.383 e. The van der Waals surface area contributed by atoms with Crippen LogP contribution in [0.5, 0.6) is 0 Å². The molecule has 0 unspecified atom stereocenters. The Morgan fingerprint density at radius 2 is 1.89 bits per heavy atom. The molecule has 1 saturated carbocycles. The summed E-state index contributed by atoms with van der Waals surface area (Å²) >= 11 is 6.71. The fourth-order valence-electron chi connectivity index (χ4n) is 4.16. The van der Waals surface area contributed by atoms with Crippen LogP contribution in [0.2, 0.25) is 5.02 Å². The van der Waals surface area contributed by atoms with Gasteiger partial charge in [0.1, 0.15) is 11.8 Å². The van der Waals surface area contributed by atoms with Gasteiger partial charge in [-0.3, -0.25) is 4.98 Å². The molecule has 0 radical (unpaired) electrons. The highest BCUT2D eigenvalue weighted by atomic mass is 35.5. The van der Waals surface area contributed by atoms with Gasteiger partial charge in [-0.1, -0.05) is 49.7 Å². The van der Waals surface area contributed by atoms with Crippen LogP contribution < -0.4 is 10.6 Å². The van der Waals surface area contributed by atoms with E-state index in [2.05, 4.69) is 58.8 Å². The number of benzene rings is 2. The Hall–Kier alpha value is -4.14. The number of aromatic nitrogens is 4. The maximum absolute atomic E-state index is 9.76. The van der Waals surface area contributed by atoms with Gasteiger partial charge in [0, 0.05) is 23.8 Å². The number of fused-ring (bicyclic) bond motifs is 1. The van der Waals surface area contributed by atoms with Crippen molar-refractivity contribution in [3.8, 4) is 12.1 Å². The standard InChI is InChI=1S/C28H27ClN8/c1-28(2,3)16-33-25-19(13-31)14-32-27-22(25)10-20(11-23(27)29)34-26(18-6-4-17(12-30)5-7-18)24-15-37(36-35-24)21-8-9-21/h4-7,10-11,14-15,21,26,34H,8-9,16H2,1-3H3,(H,32,33)/t26-/m0/s1. The van der Waals surface area contributed by atoms with Crippen molar-refractivity contribution in [2.45, 2.75) is 45.7 Å². The monoisotopic (exact) mass is 510 g/mol. The minimum absolute atomic E-state index is 0.00996. The van der Waals surface area contributed by atoms with Gasteiger partial charge in [-0.15, -0.1) is 5.10 Å². The summed E-state index contributed by atoms with van der Waals surface area (Å²) in [5, 5.41) is 36.1. The average Bonchev–Trinajstić information content (AvgIpc) is 3.62. The molecule has 0 bridgehead atoms. The maximum atomic E-state index is 9.76. The van der Waals surface area contributed by atoms with Gasteiger partial charge in [0.05, 0.1) is 51.7 Å². The number of nitrogens with zero attached hydrogens (tertiary/aromatic N) is 6. The van der Waals surface area contributed by atoms with E-state index in [-0.39, 0.29) is 11.5 Å². The van der Waals surface area contributed by atoms with Gasteiger partial charge in [-0.2, -0.15) is 10.5 Å². The zero-order chi connectivity index (χ0) is 26.2. The molecular weight excluding hydrogens is 484 g/mol. The van der Waals surface area contributed by atoms with Crippen LogP contribution in [0.4, 0.5) is 11.4 Å². The Morgan fingerprint density at radius 3 is 2.54 bits per heavy atom. The molecule has 1 atom stereocenters. The third-order valence-electron chi connectivity index (χ3n) is 6.27. The largest absolute Gasteiger partial charge is 0.383 e. The third kappa shape index (κ3) is 5.35. The molecule has 8 nitrogen and oxygen atoms in total. The highest BCUT2D eigenvalue weighted by Crippen LogP contribution is 2.37. The topological polar surface area (TPSA) is 115 Å². The van der Waals surface area contributed by atoms with Crippen LogP contribution in [0.25, 0.3) is 10.9 Å². The number of pyridine rings is 1. The summed E-state index contributed by atoms with van der Waals surface area (Å²) in [5.74, 6) is 0. The second-order valence-corrected chi connectivity index (χ2v) is 11.0. The molecule has 4 aromatic rings. The molecule has 1 aliphatic carbocycles. The molecule has 1 fully saturated rings. The minimum atomic E-state index is -0.327. The molecule has 37 heavy (non-hydrogen) atoms. The lowest BCUT2D eigenvalue weighted by Gasteiger charge is -2.22. The van der Waals surface area contributed by atoms with E-state index in [0.29, 0.717) is 39.9 Å². The summed E-state index contributed by atoms with van der Waals surface area (Å²) < 4.78 is 1.92. The van der Waals surface area contributed by atoms with Crippen molar-refractivity contribution in [3.05, 3.63) is 76.2 Å². The van der Waals surface area contributed by atoms with Crippen LogP contribution in [0, 0.1) is 28.1 Å². The lowest BCUT2D eigenvalue weighted by atomic mass is 9.96. The first-order chi connectivity index (χ1) is 17.8. The molecule has 9 heteroatoms. The Kier molecular flexibility index (Phi) is 6.45. The van der Waals surface area contributed by atoms with E-state index < -0.39 is 0 Å². The Bertz CT molecular complexity index is 1530. The molecule has 0 saturated heterocycles. The van der Waals surface area contributed by atoms with Gasteiger partial charge in [-0.05, 0) is 48.1 Å². The SMILES string of the molecule is CC(C)(C)CNc1c(C#N)cnc2c(Cl)cc(N[C@@H](c3ccc(C#N)cc3)c3cn(C4CC4)nn3)cc12. The smallest absolute Gasteiger partial charge is 0.109 e. The fourth-order valence-corrected chi connectivity index (χ4v) is 4.42. The van der Waals surface area contributed by atoms with E-state index in [0.717, 1.165) is 35.2 Å². The first-order valence-electron chi connectivity index (χ1n) is 12.2. The summed E-state index contributed by atoms with van der Waals surface area (Å²) in [6.45, 7) is 7.07. The quantitative estimate of drug-likeness (QED) is 0.303. The molecule has 0 aliphatic heterocycles. The van der Waals surface area contributed by atoms with E-state index in [9.17, 15) is 10.5 Å². The summed E-state index contributed by atoms with van der Waals surface area (Å²) in [4.78, 5) is 4.46. The fraction of sp³-hybridized carbons (Fsp3) is 0.321. The van der Waals surface area contributed by atoms with Crippen molar-refractivity contribution >= 4 is 33.9 Å². The molecule has 0 spiro atoms. The molecule has 186 valence electrons. The van der Waals surface area contributed by atoms with Crippen LogP contribution in [0.15, 0.2) is 48.8 Å². The predicted octanol–water partition coefficient (Wildman–Crippen LogP) is 6.22. The normalized spacial score (nSPS) is 14.1. The molecule has 5 rings (SSSR count). The Balaban J connectivity index is 1.57. The van der Waals surface area contributed by atoms with E-state index in [1.165, 1.54) is 0 Å². The number of rotatable bonds is 7. The van der Waals surface area contributed by atoms with Crippen molar-refractivity contribution in [3.63, 3.8) is 0 Å². The van der Waals surface area contributed by atoms with Gasteiger partial charge in [-0.25, -0.2) is 4.68 Å². The van der Waals surface area contributed by atoms with Crippen LogP contribution in [-0.2, 0) is 0 Å². The van der Waals surface area contributed by atoms with Crippen molar-refractivity contribution in [2.24, 2.45) is 5.41 Å². The maximum Gasteiger partial charge on any atom is 0.109 e. The summed E-state index contributed by atoms with van der Waals surface area (Å²) in [6, 6.07) is 15.7. The van der Waals surface area contributed by atoms with Gasteiger partial charge in [0.25, 0.3) is 0 Å². The van der Waals surface area contributed by atoms with E-state index in [1.54, 1.807) is 18.3 Å². The van der Waals surface area contributed by atoms with Gasteiger partial charge < -0.3 is 10.6 Å². The first-order valence-corrected chi connectivity index (χ1v) is 12.6. The van der Waals surface area contributed by atoms with Crippen molar-refractivity contribution in [2.75, 3.05) is 17.2 Å².